The number of benzene rings is 1. The Hall–Kier alpha value is -1.68. The molecule has 0 bridgehead atoms. The van der Waals surface area contributed by atoms with Gasteiger partial charge in [0.05, 0.1) is 10.9 Å². The van der Waals surface area contributed by atoms with Gasteiger partial charge in [0.2, 0.25) is 0 Å². The van der Waals surface area contributed by atoms with Crippen molar-refractivity contribution in [3.8, 4) is 0 Å². The van der Waals surface area contributed by atoms with Crippen LogP contribution < -0.4 is 5.56 Å². The van der Waals surface area contributed by atoms with Crippen LogP contribution in [-0.4, -0.2) is 9.38 Å². The molecule has 0 unspecified atom stereocenters. The Bertz CT molecular complexity index is 729. The van der Waals surface area contributed by atoms with Crippen LogP contribution >= 0.6 is 15.9 Å². The lowest BCUT2D eigenvalue weighted by atomic mass is 10.2. The molecule has 2 heterocycles. The first kappa shape index (κ1) is 10.5. The molecule has 3 aromatic rings. The molecule has 0 saturated carbocycles. The summed E-state index contributed by atoms with van der Waals surface area (Å²) in [6, 6.07) is 9.35. The van der Waals surface area contributed by atoms with Gasteiger partial charge < -0.3 is 0 Å². The molecule has 0 aliphatic rings. The smallest absolute Gasteiger partial charge is 0.265 e. The Morgan fingerprint density at radius 1 is 1.24 bits per heavy atom. The van der Waals surface area contributed by atoms with Gasteiger partial charge in [-0.25, -0.2) is 4.98 Å². The maximum Gasteiger partial charge on any atom is 0.265 e. The topological polar surface area (TPSA) is 34.4 Å². The van der Waals surface area contributed by atoms with Crippen molar-refractivity contribution in [2.75, 3.05) is 0 Å². The van der Waals surface area contributed by atoms with Gasteiger partial charge in [-0.15, -0.1) is 0 Å². The third kappa shape index (κ3) is 1.65. The summed E-state index contributed by atoms with van der Waals surface area (Å²) in [5, 5.41) is 0.627. The van der Waals surface area contributed by atoms with Gasteiger partial charge in [-0.2, -0.15) is 0 Å². The summed E-state index contributed by atoms with van der Waals surface area (Å²) in [7, 11) is 0. The molecule has 17 heavy (non-hydrogen) atoms. The van der Waals surface area contributed by atoms with Crippen molar-refractivity contribution in [2.24, 2.45) is 0 Å². The van der Waals surface area contributed by atoms with Crippen LogP contribution in [0.4, 0.5) is 0 Å². The molecule has 84 valence electrons. The number of fused-ring (bicyclic) bond motifs is 2. The van der Waals surface area contributed by atoms with Crippen LogP contribution in [0.15, 0.2) is 45.8 Å². The van der Waals surface area contributed by atoms with Crippen LogP contribution in [0.1, 0.15) is 5.56 Å². The average molecular weight is 289 g/mol. The first-order valence-corrected chi connectivity index (χ1v) is 6.03. The molecule has 0 saturated heterocycles. The molecule has 4 heteroatoms. The van der Waals surface area contributed by atoms with E-state index in [4.69, 9.17) is 0 Å². The molecule has 3 nitrogen and oxygen atoms in total. The summed E-state index contributed by atoms with van der Waals surface area (Å²) >= 11 is 3.37. The third-order valence-corrected chi connectivity index (χ3v) is 3.21. The number of aromatic nitrogens is 2. The molecule has 0 radical (unpaired) electrons. The molecular formula is C13H9BrN2O. The monoisotopic (exact) mass is 288 g/mol. The normalized spacial score (nSPS) is 11.2. The fourth-order valence-electron chi connectivity index (χ4n) is 1.88. The van der Waals surface area contributed by atoms with Gasteiger partial charge in [0.1, 0.15) is 5.65 Å². The van der Waals surface area contributed by atoms with E-state index in [1.165, 1.54) is 0 Å². The second kappa shape index (κ2) is 3.67. The maximum atomic E-state index is 12.3. The van der Waals surface area contributed by atoms with Crippen molar-refractivity contribution in [3.05, 3.63) is 56.9 Å². The minimum atomic E-state index is -0.0324. The molecule has 0 aliphatic heterocycles. The molecule has 0 spiro atoms. The summed E-state index contributed by atoms with van der Waals surface area (Å²) < 4.78 is 2.47. The number of hydrogen-bond acceptors (Lipinski definition) is 2. The van der Waals surface area contributed by atoms with E-state index in [9.17, 15) is 4.79 Å². The predicted octanol–water partition coefficient (Wildman–Crippen LogP) is 2.92. The van der Waals surface area contributed by atoms with E-state index in [0.717, 1.165) is 15.6 Å². The number of nitrogens with zero attached hydrogens (tertiary/aromatic N) is 2. The van der Waals surface area contributed by atoms with Gasteiger partial charge in [-0.3, -0.25) is 9.20 Å². The van der Waals surface area contributed by atoms with Gasteiger partial charge >= 0.3 is 0 Å². The summed E-state index contributed by atoms with van der Waals surface area (Å²) in [5.74, 6) is 0. The first-order valence-electron chi connectivity index (χ1n) is 5.23. The Morgan fingerprint density at radius 2 is 2.06 bits per heavy atom. The average Bonchev–Trinajstić information content (AvgIpc) is 2.32. The molecule has 0 aliphatic carbocycles. The van der Waals surface area contributed by atoms with Crippen LogP contribution in [0.2, 0.25) is 0 Å². The van der Waals surface area contributed by atoms with E-state index in [0.29, 0.717) is 11.0 Å². The quantitative estimate of drug-likeness (QED) is 0.596. The lowest BCUT2D eigenvalue weighted by molar-refractivity contribution is 1.06. The Morgan fingerprint density at radius 3 is 2.88 bits per heavy atom. The van der Waals surface area contributed by atoms with Crippen LogP contribution in [0, 0.1) is 6.92 Å². The fraction of sp³-hybridized carbons (Fsp3) is 0.0769. The summed E-state index contributed by atoms with van der Waals surface area (Å²) in [5.41, 5.74) is 2.41. The lowest BCUT2D eigenvalue weighted by Crippen LogP contribution is -2.15. The predicted molar refractivity (Wildman–Crippen MR) is 71.4 cm³/mol. The van der Waals surface area contributed by atoms with E-state index in [1.807, 2.05) is 37.4 Å². The fourth-order valence-corrected chi connectivity index (χ4v) is 2.24. The first-order chi connectivity index (χ1) is 8.15. The molecule has 0 fully saturated rings. The van der Waals surface area contributed by atoms with Crippen molar-refractivity contribution < 1.29 is 0 Å². The molecule has 0 atom stereocenters. The third-order valence-electron chi connectivity index (χ3n) is 2.72. The Balaban J connectivity index is 2.58. The number of hydrogen-bond donors (Lipinski definition) is 0. The van der Waals surface area contributed by atoms with Crippen molar-refractivity contribution in [1.82, 2.24) is 9.38 Å². The van der Waals surface area contributed by atoms with Crippen molar-refractivity contribution >= 4 is 32.5 Å². The highest BCUT2D eigenvalue weighted by Gasteiger charge is 2.05. The highest BCUT2D eigenvalue weighted by atomic mass is 79.9. The number of pyridine rings is 1. The molecule has 3 rings (SSSR count). The number of halogens is 1. The molecule has 0 amide bonds. The minimum Gasteiger partial charge on any atom is -0.268 e. The van der Waals surface area contributed by atoms with Crippen LogP contribution in [0.5, 0.6) is 0 Å². The van der Waals surface area contributed by atoms with Gasteiger partial charge in [0.25, 0.3) is 5.56 Å². The van der Waals surface area contributed by atoms with Crippen molar-refractivity contribution in [2.45, 2.75) is 6.92 Å². The SMILES string of the molecule is Cc1ccc2nc3ccc(Br)cc3c(=O)n2c1. The standard InChI is InChI=1S/C13H9BrN2O/c1-8-2-5-12-15-11-4-3-9(14)6-10(11)13(17)16(12)7-8/h2-7H,1H3. The lowest BCUT2D eigenvalue weighted by Gasteiger charge is -2.04. The van der Waals surface area contributed by atoms with Crippen LogP contribution in [-0.2, 0) is 0 Å². The zero-order chi connectivity index (χ0) is 12.0. The van der Waals surface area contributed by atoms with E-state index in [1.54, 1.807) is 10.5 Å². The molecule has 0 N–H and O–H groups in total. The van der Waals surface area contributed by atoms with Gasteiger partial charge in [0.15, 0.2) is 0 Å². The van der Waals surface area contributed by atoms with E-state index >= 15 is 0 Å². The number of aryl methyl sites for hydroxylation is 1. The van der Waals surface area contributed by atoms with Gasteiger partial charge in [-0.1, -0.05) is 22.0 Å². The maximum absolute atomic E-state index is 12.3. The second-order valence-corrected chi connectivity index (χ2v) is 4.93. The Labute approximate surface area is 106 Å². The molecule has 1 aromatic carbocycles. The van der Waals surface area contributed by atoms with Crippen LogP contribution in [0.25, 0.3) is 16.6 Å². The minimum absolute atomic E-state index is 0.0324. The van der Waals surface area contributed by atoms with Crippen LogP contribution in [0.3, 0.4) is 0 Å². The largest absolute Gasteiger partial charge is 0.268 e. The van der Waals surface area contributed by atoms with Crippen molar-refractivity contribution in [1.29, 1.82) is 0 Å². The zero-order valence-electron chi connectivity index (χ0n) is 9.14. The van der Waals surface area contributed by atoms with E-state index in [-0.39, 0.29) is 5.56 Å². The van der Waals surface area contributed by atoms with Crippen molar-refractivity contribution in [3.63, 3.8) is 0 Å². The Kier molecular flexibility index (Phi) is 2.26. The summed E-state index contributed by atoms with van der Waals surface area (Å²) in [4.78, 5) is 16.8. The van der Waals surface area contributed by atoms with Gasteiger partial charge in [-0.05, 0) is 36.8 Å². The highest BCUT2D eigenvalue weighted by Crippen LogP contribution is 2.16. The zero-order valence-corrected chi connectivity index (χ0v) is 10.7. The van der Waals surface area contributed by atoms with Gasteiger partial charge in [0, 0.05) is 10.7 Å². The number of rotatable bonds is 0. The molecule has 2 aromatic heterocycles. The van der Waals surface area contributed by atoms with E-state index in [2.05, 4.69) is 20.9 Å². The molecular weight excluding hydrogens is 280 g/mol. The van der Waals surface area contributed by atoms with E-state index < -0.39 is 0 Å². The summed E-state index contributed by atoms with van der Waals surface area (Å²) in [6.07, 6.45) is 1.81. The highest BCUT2D eigenvalue weighted by molar-refractivity contribution is 9.10. The second-order valence-electron chi connectivity index (χ2n) is 4.01. The summed E-state index contributed by atoms with van der Waals surface area (Å²) in [6.45, 7) is 1.96.